The molecule has 28 heavy (non-hydrogen) atoms. The van der Waals surface area contributed by atoms with E-state index in [1.165, 1.54) is 0 Å². The van der Waals surface area contributed by atoms with Gasteiger partial charge in [0.2, 0.25) is 0 Å². The van der Waals surface area contributed by atoms with E-state index in [0.29, 0.717) is 5.82 Å². The van der Waals surface area contributed by atoms with Crippen molar-refractivity contribution in [1.29, 1.82) is 0 Å². The quantitative estimate of drug-likeness (QED) is 0.520. The van der Waals surface area contributed by atoms with Crippen molar-refractivity contribution < 1.29 is 4.74 Å². The van der Waals surface area contributed by atoms with Crippen molar-refractivity contribution in [1.82, 2.24) is 35.2 Å². The Morgan fingerprint density at radius 1 is 0.964 bits per heavy atom. The number of imidazole rings is 1. The number of hydrogen-bond donors (Lipinski definition) is 1. The molecule has 5 aromatic rings. The molecule has 0 fully saturated rings. The van der Waals surface area contributed by atoms with Crippen molar-refractivity contribution in [2.24, 2.45) is 7.05 Å². The summed E-state index contributed by atoms with van der Waals surface area (Å²) >= 11 is 0. The van der Waals surface area contributed by atoms with Crippen LogP contribution in [0.3, 0.4) is 0 Å². The van der Waals surface area contributed by atoms with E-state index in [0.717, 1.165) is 39.6 Å². The largest absolute Gasteiger partial charge is 0.457 e. The van der Waals surface area contributed by atoms with Crippen LogP contribution < -0.4 is 4.74 Å². The minimum absolute atomic E-state index is 0.701. The smallest absolute Gasteiger partial charge is 0.181 e. The van der Waals surface area contributed by atoms with Gasteiger partial charge in [-0.25, -0.2) is 9.67 Å². The third-order valence-corrected chi connectivity index (χ3v) is 4.33. The first kappa shape index (κ1) is 16.1. The van der Waals surface area contributed by atoms with Crippen LogP contribution in [0.4, 0.5) is 0 Å². The van der Waals surface area contributed by atoms with Crippen LogP contribution in [0.5, 0.6) is 11.5 Å². The second kappa shape index (κ2) is 6.58. The van der Waals surface area contributed by atoms with E-state index in [4.69, 9.17) is 4.74 Å². The van der Waals surface area contributed by atoms with Gasteiger partial charge in [-0.05, 0) is 59.0 Å². The van der Waals surface area contributed by atoms with E-state index >= 15 is 0 Å². The standard InChI is InChI=1S/C20H15N7O/c1-27-20(24-25-26-27)13-5-7-14(8-6-13)28-15-9-10-16-18(12-15)23-19(22-16)17-4-2-3-11-21-17/h2-12H,1H3,(H,22,23). The Hall–Kier alpha value is -4.07. The summed E-state index contributed by atoms with van der Waals surface area (Å²) in [5.41, 5.74) is 3.47. The van der Waals surface area contributed by atoms with Gasteiger partial charge in [-0.3, -0.25) is 4.98 Å². The summed E-state index contributed by atoms with van der Waals surface area (Å²) in [5, 5.41) is 11.5. The van der Waals surface area contributed by atoms with Gasteiger partial charge in [0.1, 0.15) is 17.2 Å². The number of tetrazole rings is 1. The number of aryl methyl sites for hydroxylation is 1. The fourth-order valence-corrected chi connectivity index (χ4v) is 2.96. The molecule has 8 heteroatoms. The van der Waals surface area contributed by atoms with Gasteiger partial charge >= 0.3 is 0 Å². The second-order valence-corrected chi connectivity index (χ2v) is 6.23. The van der Waals surface area contributed by atoms with Crippen molar-refractivity contribution in [3.8, 4) is 34.4 Å². The van der Waals surface area contributed by atoms with Crippen molar-refractivity contribution in [3.63, 3.8) is 0 Å². The zero-order chi connectivity index (χ0) is 18.9. The number of aromatic amines is 1. The molecule has 0 amide bonds. The topological polar surface area (TPSA) is 94.4 Å². The highest BCUT2D eigenvalue weighted by Crippen LogP contribution is 2.28. The number of hydrogen-bond acceptors (Lipinski definition) is 6. The monoisotopic (exact) mass is 369 g/mol. The third-order valence-electron chi connectivity index (χ3n) is 4.33. The first-order valence-electron chi connectivity index (χ1n) is 8.68. The number of aromatic nitrogens is 7. The number of nitrogens with zero attached hydrogens (tertiary/aromatic N) is 6. The van der Waals surface area contributed by atoms with Gasteiger partial charge in [0.25, 0.3) is 0 Å². The maximum atomic E-state index is 5.98. The minimum Gasteiger partial charge on any atom is -0.457 e. The number of H-pyrrole nitrogens is 1. The molecular formula is C20H15N7O. The lowest BCUT2D eigenvalue weighted by molar-refractivity contribution is 0.483. The van der Waals surface area contributed by atoms with Crippen LogP contribution in [0.15, 0.2) is 66.9 Å². The molecule has 0 atom stereocenters. The molecule has 5 rings (SSSR count). The van der Waals surface area contributed by atoms with Crippen LogP contribution in [0.1, 0.15) is 0 Å². The van der Waals surface area contributed by atoms with Crippen molar-refractivity contribution in [3.05, 3.63) is 66.9 Å². The average Bonchev–Trinajstić information content (AvgIpc) is 3.35. The molecule has 8 nitrogen and oxygen atoms in total. The van der Waals surface area contributed by atoms with Crippen LogP contribution >= 0.6 is 0 Å². The highest BCUT2D eigenvalue weighted by molar-refractivity contribution is 5.80. The van der Waals surface area contributed by atoms with Crippen LogP contribution in [0.2, 0.25) is 0 Å². The molecule has 3 heterocycles. The summed E-state index contributed by atoms with van der Waals surface area (Å²) in [6.07, 6.45) is 1.75. The predicted molar refractivity (Wildman–Crippen MR) is 104 cm³/mol. The number of pyridine rings is 1. The molecule has 3 aromatic heterocycles. The van der Waals surface area contributed by atoms with Gasteiger partial charge in [-0.15, -0.1) is 5.10 Å². The highest BCUT2D eigenvalue weighted by Gasteiger charge is 2.09. The summed E-state index contributed by atoms with van der Waals surface area (Å²) in [6.45, 7) is 0. The molecule has 0 bridgehead atoms. The molecule has 2 aromatic carbocycles. The number of fused-ring (bicyclic) bond motifs is 1. The van der Waals surface area contributed by atoms with Crippen LogP contribution in [0.25, 0.3) is 33.9 Å². The number of rotatable bonds is 4. The molecule has 0 saturated heterocycles. The van der Waals surface area contributed by atoms with Crippen LogP contribution in [-0.2, 0) is 7.05 Å². The Morgan fingerprint density at radius 3 is 2.57 bits per heavy atom. The second-order valence-electron chi connectivity index (χ2n) is 6.23. The fourth-order valence-electron chi connectivity index (χ4n) is 2.96. The molecule has 136 valence electrons. The summed E-state index contributed by atoms with van der Waals surface area (Å²) in [4.78, 5) is 12.2. The van der Waals surface area contributed by atoms with Crippen molar-refractivity contribution >= 4 is 11.0 Å². The fraction of sp³-hybridized carbons (Fsp3) is 0.0500. The predicted octanol–water partition coefficient (Wildman–Crippen LogP) is 3.61. The lowest BCUT2D eigenvalue weighted by atomic mass is 10.2. The molecule has 0 spiro atoms. The zero-order valence-electron chi connectivity index (χ0n) is 14.9. The van der Waals surface area contributed by atoms with E-state index in [2.05, 4.69) is 30.5 Å². The Bertz CT molecular complexity index is 1240. The third kappa shape index (κ3) is 2.96. The summed E-state index contributed by atoms with van der Waals surface area (Å²) in [6, 6.07) is 19.1. The number of nitrogens with one attached hydrogen (secondary N) is 1. The normalized spacial score (nSPS) is 11.0. The molecule has 0 saturated carbocycles. The lowest BCUT2D eigenvalue weighted by Crippen LogP contribution is -1.94. The number of benzene rings is 2. The zero-order valence-corrected chi connectivity index (χ0v) is 14.9. The van der Waals surface area contributed by atoms with E-state index in [9.17, 15) is 0 Å². The Kier molecular flexibility index (Phi) is 3.79. The van der Waals surface area contributed by atoms with Gasteiger partial charge < -0.3 is 9.72 Å². The van der Waals surface area contributed by atoms with E-state index in [1.807, 2.05) is 60.7 Å². The van der Waals surface area contributed by atoms with Crippen molar-refractivity contribution in [2.75, 3.05) is 0 Å². The summed E-state index contributed by atoms with van der Waals surface area (Å²) < 4.78 is 7.61. The lowest BCUT2D eigenvalue weighted by Gasteiger charge is -2.06. The van der Waals surface area contributed by atoms with Gasteiger partial charge in [-0.1, -0.05) is 6.07 Å². The SMILES string of the molecule is Cn1nnnc1-c1ccc(Oc2ccc3nc(-c4ccccn4)[nH]c3c2)cc1. The maximum Gasteiger partial charge on any atom is 0.181 e. The molecule has 0 radical (unpaired) electrons. The van der Waals surface area contributed by atoms with E-state index in [1.54, 1.807) is 17.9 Å². The molecule has 0 aliphatic rings. The van der Waals surface area contributed by atoms with Gasteiger partial charge in [0.15, 0.2) is 11.6 Å². The van der Waals surface area contributed by atoms with Crippen LogP contribution in [0, 0.1) is 0 Å². The summed E-state index contributed by atoms with van der Waals surface area (Å²) in [7, 11) is 1.80. The van der Waals surface area contributed by atoms with E-state index in [-0.39, 0.29) is 0 Å². The maximum absolute atomic E-state index is 5.98. The van der Waals surface area contributed by atoms with E-state index < -0.39 is 0 Å². The first-order chi connectivity index (χ1) is 13.8. The van der Waals surface area contributed by atoms with Gasteiger partial charge in [-0.2, -0.15) is 0 Å². The van der Waals surface area contributed by atoms with Crippen molar-refractivity contribution in [2.45, 2.75) is 0 Å². The Balaban J connectivity index is 1.40. The van der Waals surface area contributed by atoms with Crippen LogP contribution in [-0.4, -0.2) is 35.2 Å². The first-order valence-corrected chi connectivity index (χ1v) is 8.68. The Morgan fingerprint density at radius 2 is 1.82 bits per heavy atom. The van der Waals surface area contributed by atoms with Gasteiger partial charge in [0, 0.05) is 24.9 Å². The van der Waals surface area contributed by atoms with Gasteiger partial charge in [0.05, 0.1) is 11.0 Å². The average molecular weight is 369 g/mol. The summed E-state index contributed by atoms with van der Waals surface area (Å²) in [5.74, 6) is 2.88. The molecular weight excluding hydrogens is 354 g/mol. The molecule has 0 aliphatic carbocycles. The highest BCUT2D eigenvalue weighted by atomic mass is 16.5. The minimum atomic E-state index is 0.701. The molecule has 0 aliphatic heterocycles. The molecule has 1 N–H and O–H groups in total. The Labute approximate surface area is 159 Å². The number of ether oxygens (including phenoxy) is 1. The molecule has 0 unspecified atom stereocenters.